The number of H-pyrrole nitrogens is 1. The molecule has 0 saturated heterocycles. The molecule has 2 N–H and O–H groups in total. The number of hydrogen-bond acceptors (Lipinski definition) is 1. The molecule has 0 aromatic carbocycles. The van der Waals surface area contributed by atoms with Crippen LogP contribution in [0.3, 0.4) is 0 Å². The Morgan fingerprint density at radius 1 is 1.67 bits per heavy atom. The summed E-state index contributed by atoms with van der Waals surface area (Å²) in [5, 5.41) is 0. The zero-order chi connectivity index (χ0) is 5.82. The van der Waals surface area contributed by atoms with Crippen LogP contribution in [0.2, 0.25) is 0 Å². The van der Waals surface area contributed by atoms with Crippen LogP contribution in [0.1, 0.15) is 5.69 Å². The van der Waals surface area contributed by atoms with Gasteiger partial charge in [0.25, 0.3) is 0 Å². The maximum absolute atomic E-state index is 6.83. The van der Waals surface area contributed by atoms with Crippen molar-refractivity contribution < 1.29 is 51.4 Å². The monoisotopic (exact) mass is 149 g/mol. The number of rotatable bonds is 2. The van der Waals surface area contributed by atoms with Gasteiger partial charge in [0.1, 0.15) is 0 Å². The standard InChI is InChI=1S/C5H8N3.K/c6-2-1-5-3-7-4-8-5;/h3-4,6H,1-2H2,(H,7,8);/q-1;+1. The Balaban J connectivity index is 0.000000640. The topological polar surface area (TPSA) is 52.5 Å². The number of aromatic nitrogens is 2. The Hall–Kier alpha value is 0.806. The Morgan fingerprint density at radius 3 is 2.89 bits per heavy atom. The molecule has 3 nitrogen and oxygen atoms in total. The first-order valence-corrected chi connectivity index (χ1v) is 2.55. The van der Waals surface area contributed by atoms with Gasteiger partial charge in [0.05, 0.1) is 6.33 Å². The third kappa shape index (κ3) is 3.49. The van der Waals surface area contributed by atoms with Gasteiger partial charge < -0.3 is 10.7 Å². The van der Waals surface area contributed by atoms with Crippen molar-refractivity contribution in [3.63, 3.8) is 0 Å². The number of nitrogens with zero attached hydrogens (tertiary/aromatic N) is 1. The van der Waals surface area contributed by atoms with E-state index in [2.05, 4.69) is 9.97 Å². The van der Waals surface area contributed by atoms with Gasteiger partial charge in [-0.05, 0) is 6.42 Å². The van der Waals surface area contributed by atoms with Gasteiger partial charge in [-0.15, -0.1) is 6.54 Å². The smallest absolute Gasteiger partial charge is 0.677 e. The molecule has 0 aliphatic rings. The van der Waals surface area contributed by atoms with E-state index in [1.54, 1.807) is 12.5 Å². The van der Waals surface area contributed by atoms with Crippen molar-refractivity contribution >= 4 is 0 Å². The second-order valence-electron chi connectivity index (χ2n) is 1.58. The zero-order valence-electron chi connectivity index (χ0n) is 5.52. The molecule has 0 fully saturated rings. The van der Waals surface area contributed by atoms with Crippen molar-refractivity contribution in [2.75, 3.05) is 6.54 Å². The van der Waals surface area contributed by atoms with Gasteiger partial charge >= 0.3 is 51.4 Å². The van der Waals surface area contributed by atoms with Crippen LogP contribution in [0.4, 0.5) is 0 Å². The van der Waals surface area contributed by atoms with E-state index in [0.29, 0.717) is 6.54 Å². The van der Waals surface area contributed by atoms with Crippen LogP contribution >= 0.6 is 0 Å². The first kappa shape index (κ1) is 9.81. The third-order valence-electron chi connectivity index (χ3n) is 0.949. The summed E-state index contributed by atoms with van der Waals surface area (Å²) in [6.45, 7) is 0.433. The summed E-state index contributed by atoms with van der Waals surface area (Å²) in [5.41, 5.74) is 7.87. The Labute approximate surface area is 96.9 Å². The minimum Gasteiger partial charge on any atom is -0.677 e. The van der Waals surface area contributed by atoms with E-state index in [0.717, 1.165) is 12.1 Å². The fourth-order valence-electron chi connectivity index (χ4n) is 0.556. The summed E-state index contributed by atoms with van der Waals surface area (Å²) in [6, 6.07) is 0. The fraction of sp³-hybridized carbons (Fsp3) is 0.400. The molecule has 1 aromatic rings. The molecule has 44 valence electrons. The molecule has 0 aliphatic heterocycles. The van der Waals surface area contributed by atoms with Crippen molar-refractivity contribution in [2.45, 2.75) is 6.42 Å². The Kier molecular flexibility index (Phi) is 6.08. The van der Waals surface area contributed by atoms with Gasteiger partial charge in [0, 0.05) is 11.9 Å². The van der Waals surface area contributed by atoms with Gasteiger partial charge in [0.15, 0.2) is 0 Å². The molecule has 0 saturated carbocycles. The molecule has 0 amide bonds. The molecule has 0 spiro atoms. The molecule has 0 atom stereocenters. The number of imidazole rings is 1. The molecular weight excluding hydrogens is 141 g/mol. The van der Waals surface area contributed by atoms with Crippen LogP contribution in [-0.2, 0) is 6.42 Å². The largest absolute Gasteiger partial charge is 1.00 e. The molecule has 1 aromatic heterocycles. The predicted molar refractivity (Wildman–Crippen MR) is 31.5 cm³/mol. The molecule has 9 heavy (non-hydrogen) atoms. The summed E-state index contributed by atoms with van der Waals surface area (Å²) >= 11 is 0. The number of aromatic amines is 1. The summed E-state index contributed by atoms with van der Waals surface area (Å²) in [7, 11) is 0. The number of hydrogen-bond donors (Lipinski definition) is 1. The van der Waals surface area contributed by atoms with Crippen molar-refractivity contribution in [3.8, 4) is 0 Å². The number of nitrogens with one attached hydrogen (secondary N) is 2. The minimum atomic E-state index is 0. The second-order valence-corrected chi connectivity index (χ2v) is 1.58. The van der Waals surface area contributed by atoms with Gasteiger partial charge in [-0.1, -0.05) is 0 Å². The van der Waals surface area contributed by atoms with Gasteiger partial charge in [-0.2, -0.15) is 0 Å². The van der Waals surface area contributed by atoms with Crippen LogP contribution in [-0.4, -0.2) is 16.5 Å². The Bertz CT molecular complexity index is 138. The van der Waals surface area contributed by atoms with Crippen molar-refractivity contribution in [3.05, 3.63) is 24.0 Å². The first-order chi connectivity index (χ1) is 3.93. The minimum absolute atomic E-state index is 0. The van der Waals surface area contributed by atoms with Gasteiger partial charge in [-0.25, -0.2) is 4.98 Å². The quantitative estimate of drug-likeness (QED) is 0.486. The van der Waals surface area contributed by atoms with E-state index in [-0.39, 0.29) is 51.4 Å². The second kappa shape index (κ2) is 5.58. The van der Waals surface area contributed by atoms with E-state index in [4.69, 9.17) is 5.73 Å². The van der Waals surface area contributed by atoms with Crippen LogP contribution in [0, 0.1) is 0 Å². The normalized spacial score (nSPS) is 8.56. The molecule has 1 heterocycles. The maximum Gasteiger partial charge on any atom is 1.00 e. The van der Waals surface area contributed by atoms with Crippen LogP contribution in [0.15, 0.2) is 12.5 Å². The molecule has 0 radical (unpaired) electrons. The molecule has 1 rings (SSSR count). The first-order valence-electron chi connectivity index (χ1n) is 2.55. The van der Waals surface area contributed by atoms with Crippen molar-refractivity contribution in [1.29, 1.82) is 0 Å². The van der Waals surface area contributed by atoms with Gasteiger partial charge in [0.2, 0.25) is 0 Å². The van der Waals surface area contributed by atoms with Crippen LogP contribution in [0.5, 0.6) is 0 Å². The SMILES string of the molecule is [K+].[NH-]CCc1cnc[nH]1. The average molecular weight is 149 g/mol. The molecule has 0 aliphatic carbocycles. The summed E-state index contributed by atoms with van der Waals surface area (Å²) in [5.74, 6) is 0. The maximum atomic E-state index is 6.83. The van der Waals surface area contributed by atoms with E-state index in [9.17, 15) is 0 Å². The van der Waals surface area contributed by atoms with E-state index < -0.39 is 0 Å². The van der Waals surface area contributed by atoms with E-state index in [1.165, 1.54) is 0 Å². The van der Waals surface area contributed by atoms with Crippen molar-refractivity contribution in [2.24, 2.45) is 0 Å². The van der Waals surface area contributed by atoms with Crippen LogP contribution < -0.4 is 51.4 Å². The van der Waals surface area contributed by atoms with Gasteiger partial charge in [-0.3, -0.25) is 0 Å². The van der Waals surface area contributed by atoms with E-state index in [1.807, 2.05) is 0 Å². The summed E-state index contributed by atoms with van der Waals surface area (Å²) in [4.78, 5) is 6.71. The predicted octanol–water partition coefficient (Wildman–Crippen LogP) is -1.99. The van der Waals surface area contributed by atoms with E-state index >= 15 is 0 Å². The molecule has 4 heteroatoms. The average Bonchev–Trinajstić information content (AvgIpc) is 2.19. The molecule has 0 bridgehead atoms. The zero-order valence-corrected chi connectivity index (χ0v) is 8.64. The summed E-state index contributed by atoms with van der Waals surface area (Å²) in [6.07, 6.45) is 4.15. The third-order valence-corrected chi connectivity index (χ3v) is 0.949. The fourth-order valence-corrected chi connectivity index (χ4v) is 0.556. The van der Waals surface area contributed by atoms with Crippen LogP contribution in [0.25, 0.3) is 5.73 Å². The van der Waals surface area contributed by atoms with Crippen molar-refractivity contribution in [1.82, 2.24) is 9.97 Å². The molecule has 0 unspecified atom stereocenters. The summed E-state index contributed by atoms with van der Waals surface area (Å²) < 4.78 is 0. The molecular formula is C5H8KN3. The Morgan fingerprint density at radius 2 is 2.44 bits per heavy atom.